The third kappa shape index (κ3) is 11.0. The van der Waals surface area contributed by atoms with Crippen LogP contribution in [0.1, 0.15) is 70.6 Å². The zero-order valence-electron chi connectivity index (χ0n) is 16.6. The highest BCUT2D eigenvalue weighted by Crippen LogP contribution is 2.28. The molecule has 1 aliphatic rings. The maximum Gasteiger partial charge on any atom is 0.241 e. The largest absolute Gasteiger partial charge is 0.545 e. The Bertz CT molecular complexity index is 331. The highest BCUT2D eigenvalue weighted by Gasteiger charge is 2.24. The summed E-state index contributed by atoms with van der Waals surface area (Å²) in [5.74, 6) is 2.40. The molecule has 23 heavy (non-hydrogen) atoms. The Labute approximate surface area is 147 Å². The van der Waals surface area contributed by atoms with Crippen molar-refractivity contribution in [3.05, 3.63) is 11.5 Å². The minimum Gasteiger partial charge on any atom is -0.545 e. The van der Waals surface area contributed by atoms with E-state index in [2.05, 4.69) is 39.3 Å². The summed E-state index contributed by atoms with van der Waals surface area (Å²) in [4.78, 5) is 0. The van der Waals surface area contributed by atoms with Crippen LogP contribution in [0.3, 0.4) is 0 Å². The molecule has 0 amide bonds. The summed E-state index contributed by atoms with van der Waals surface area (Å²) < 4.78 is 13.0. The second-order valence-electron chi connectivity index (χ2n) is 8.96. The fourth-order valence-electron chi connectivity index (χ4n) is 3.04. The second-order valence-corrected chi connectivity index (χ2v) is 17.8. The topological polar surface area (TPSA) is 18.5 Å². The molecule has 0 unspecified atom stereocenters. The molecule has 0 heterocycles. The van der Waals surface area contributed by atoms with E-state index in [0.717, 1.165) is 12.8 Å². The van der Waals surface area contributed by atoms with Gasteiger partial charge in [-0.3, -0.25) is 0 Å². The highest BCUT2D eigenvalue weighted by molar-refractivity contribution is 6.70. The van der Waals surface area contributed by atoms with Crippen LogP contribution in [0.4, 0.5) is 0 Å². The molecule has 0 aromatic carbocycles. The normalized spacial score (nSPS) is 20.3. The molecule has 0 atom stereocenters. The van der Waals surface area contributed by atoms with Crippen molar-refractivity contribution in [3.63, 3.8) is 0 Å². The molecule has 0 aromatic heterocycles. The summed E-state index contributed by atoms with van der Waals surface area (Å²) in [6.45, 7) is 13.7. The van der Waals surface area contributed by atoms with Crippen LogP contribution in [0.15, 0.2) is 11.5 Å². The Morgan fingerprint density at radius 1 is 0.478 bits per heavy atom. The van der Waals surface area contributed by atoms with E-state index in [1.54, 1.807) is 0 Å². The van der Waals surface area contributed by atoms with Gasteiger partial charge < -0.3 is 8.85 Å². The molecule has 0 aromatic rings. The fourth-order valence-corrected chi connectivity index (χ4v) is 4.95. The Morgan fingerprint density at radius 2 is 0.739 bits per heavy atom. The molecule has 0 radical (unpaired) electrons. The van der Waals surface area contributed by atoms with Crippen molar-refractivity contribution in [1.29, 1.82) is 0 Å². The maximum atomic E-state index is 6.49. The van der Waals surface area contributed by atoms with Gasteiger partial charge in [0.2, 0.25) is 16.6 Å². The Hall–Kier alpha value is -0.226. The van der Waals surface area contributed by atoms with Gasteiger partial charge in [0, 0.05) is 12.8 Å². The number of hydrogen-bond donors (Lipinski definition) is 0. The molecule has 2 nitrogen and oxygen atoms in total. The molecule has 1 aliphatic carbocycles. The van der Waals surface area contributed by atoms with Crippen molar-refractivity contribution in [2.75, 3.05) is 0 Å². The molecule has 0 spiro atoms. The zero-order valence-corrected chi connectivity index (χ0v) is 18.6. The first-order valence-electron chi connectivity index (χ1n) is 9.77. The van der Waals surface area contributed by atoms with Crippen molar-refractivity contribution in [2.45, 2.75) is 110 Å². The first-order chi connectivity index (χ1) is 10.7. The van der Waals surface area contributed by atoms with Crippen LogP contribution in [-0.4, -0.2) is 16.6 Å². The molecule has 1 rings (SSSR count). The van der Waals surface area contributed by atoms with Crippen molar-refractivity contribution in [1.82, 2.24) is 0 Å². The lowest BCUT2D eigenvalue weighted by Crippen LogP contribution is -2.29. The van der Waals surface area contributed by atoms with Gasteiger partial charge in [-0.05, 0) is 52.1 Å². The molecule has 0 saturated heterocycles. The van der Waals surface area contributed by atoms with Crippen LogP contribution in [0.25, 0.3) is 0 Å². The number of rotatable bonds is 4. The lowest BCUT2D eigenvalue weighted by atomic mass is 10.1. The van der Waals surface area contributed by atoms with E-state index in [1.807, 2.05) is 0 Å². The summed E-state index contributed by atoms with van der Waals surface area (Å²) in [7, 11) is -3.17. The minimum absolute atomic E-state index is 1.07. The monoisotopic (exact) mass is 356 g/mol. The minimum atomic E-state index is -1.58. The molecule has 136 valence electrons. The van der Waals surface area contributed by atoms with E-state index >= 15 is 0 Å². The van der Waals surface area contributed by atoms with Gasteiger partial charge in [0.15, 0.2) is 0 Å². The van der Waals surface area contributed by atoms with E-state index in [1.165, 1.54) is 69.3 Å². The second kappa shape index (κ2) is 9.92. The fraction of sp³-hybridized carbons (Fsp3) is 0.895. The predicted molar refractivity (Wildman–Crippen MR) is 107 cm³/mol. The first-order valence-corrected chi connectivity index (χ1v) is 16.6. The van der Waals surface area contributed by atoms with Crippen LogP contribution in [-0.2, 0) is 8.85 Å². The van der Waals surface area contributed by atoms with Gasteiger partial charge in [0.1, 0.15) is 11.5 Å². The van der Waals surface area contributed by atoms with Crippen LogP contribution < -0.4 is 0 Å². The Kier molecular flexibility index (Phi) is 8.98. The third-order valence-electron chi connectivity index (χ3n) is 3.98. The predicted octanol–water partition coefficient (Wildman–Crippen LogP) is 7.21. The maximum absolute atomic E-state index is 6.49. The van der Waals surface area contributed by atoms with Gasteiger partial charge in [-0.25, -0.2) is 0 Å². The van der Waals surface area contributed by atoms with Crippen LogP contribution >= 0.6 is 0 Å². The average molecular weight is 357 g/mol. The Balaban J connectivity index is 2.91. The number of allylic oxidation sites excluding steroid dienone is 2. The van der Waals surface area contributed by atoms with E-state index in [9.17, 15) is 0 Å². The lowest BCUT2D eigenvalue weighted by molar-refractivity contribution is 0.309. The zero-order chi connectivity index (χ0) is 17.3. The quantitative estimate of drug-likeness (QED) is 0.495. The summed E-state index contributed by atoms with van der Waals surface area (Å²) in [5, 5.41) is 0. The molecular weight excluding hydrogens is 316 g/mol. The SMILES string of the molecule is C[Si](C)(C)OC1=C(O[Si](C)(C)C)CCCCCCCCCCC1. The molecule has 0 aliphatic heterocycles. The molecule has 0 N–H and O–H groups in total. The molecule has 0 fully saturated rings. The van der Waals surface area contributed by atoms with Gasteiger partial charge >= 0.3 is 0 Å². The Morgan fingerprint density at radius 3 is 1.00 bits per heavy atom. The third-order valence-corrected chi connectivity index (χ3v) is 5.69. The molecule has 4 heteroatoms. The summed E-state index contributed by atoms with van der Waals surface area (Å²) in [5.41, 5.74) is 0. The van der Waals surface area contributed by atoms with Crippen LogP contribution in [0.5, 0.6) is 0 Å². The smallest absolute Gasteiger partial charge is 0.241 e. The van der Waals surface area contributed by atoms with Gasteiger partial charge in [-0.15, -0.1) is 0 Å². The van der Waals surface area contributed by atoms with Crippen molar-refractivity contribution < 1.29 is 8.85 Å². The van der Waals surface area contributed by atoms with E-state index in [4.69, 9.17) is 8.85 Å². The van der Waals surface area contributed by atoms with Gasteiger partial charge in [-0.1, -0.05) is 44.9 Å². The van der Waals surface area contributed by atoms with Crippen LogP contribution in [0, 0.1) is 0 Å². The average Bonchev–Trinajstić information content (AvgIpc) is 2.40. The first kappa shape index (κ1) is 20.8. The van der Waals surface area contributed by atoms with E-state index in [-0.39, 0.29) is 0 Å². The van der Waals surface area contributed by atoms with Gasteiger partial charge in [0.25, 0.3) is 0 Å². The summed E-state index contributed by atoms with van der Waals surface area (Å²) in [6.07, 6.45) is 14.3. The molecule has 0 saturated carbocycles. The molecular formula is C19H40O2Si2. The van der Waals surface area contributed by atoms with E-state index in [0.29, 0.717) is 0 Å². The standard InChI is InChI=1S/C19H40O2Si2/c1-22(2,3)20-18-16-14-12-10-8-7-9-11-13-15-17-19(18)21-23(4,5)6/h7-17H2,1-6H3. The summed E-state index contributed by atoms with van der Waals surface area (Å²) in [6, 6.07) is 0. The van der Waals surface area contributed by atoms with Crippen molar-refractivity contribution in [2.24, 2.45) is 0 Å². The summed E-state index contributed by atoms with van der Waals surface area (Å²) >= 11 is 0. The van der Waals surface area contributed by atoms with Crippen molar-refractivity contribution >= 4 is 16.6 Å². The molecule has 0 bridgehead atoms. The highest BCUT2D eigenvalue weighted by atomic mass is 28.4. The van der Waals surface area contributed by atoms with Gasteiger partial charge in [-0.2, -0.15) is 0 Å². The van der Waals surface area contributed by atoms with E-state index < -0.39 is 16.6 Å². The van der Waals surface area contributed by atoms with Crippen molar-refractivity contribution in [3.8, 4) is 0 Å². The van der Waals surface area contributed by atoms with Gasteiger partial charge in [0.05, 0.1) is 0 Å². The lowest BCUT2D eigenvalue weighted by Gasteiger charge is -2.29. The van der Waals surface area contributed by atoms with Crippen LogP contribution in [0.2, 0.25) is 39.3 Å². The number of hydrogen-bond acceptors (Lipinski definition) is 2.